The van der Waals surface area contributed by atoms with E-state index in [9.17, 15) is 14.4 Å². The van der Waals surface area contributed by atoms with E-state index in [0.29, 0.717) is 16.8 Å². The molecule has 0 radical (unpaired) electrons. The lowest BCUT2D eigenvalue weighted by atomic mass is 10.0. The van der Waals surface area contributed by atoms with Crippen LogP contribution in [0.15, 0.2) is 42.5 Å². The number of benzene rings is 2. The van der Waals surface area contributed by atoms with Gasteiger partial charge >= 0.3 is 0 Å². The maximum absolute atomic E-state index is 13.0. The molecule has 1 unspecified atom stereocenters. The maximum atomic E-state index is 13.0. The monoisotopic (exact) mass is 350 g/mol. The van der Waals surface area contributed by atoms with E-state index in [1.807, 2.05) is 45.9 Å². The number of rotatable bonds is 4. The van der Waals surface area contributed by atoms with Gasteiger partial charge in [-0.2, -0.15) is 0 Å². The number of nitrogens with zero attached hydrogens (tertiary/aromatic N) is 1. The first-order valence-corrected chi connectivity index (χ1v) is 8.66. The summed E-state index contributed by atoms with van der Waals surface area (Å²) >= 11 is 0. The first kappa shape index (κ1) is 17.9. The van der Waals surface area contributed by atoms with Crippen molar-refractivity contribution < 1.29 is 14.4 Å². The maximum Gasteiger partial charge on any atom is 0.262 e. The molecule has 2 aromatic rings. The number of carbonyl (C=O) groups excluding carboxylic acids is 3. The van der Waals surface area contributed by atoms with Gasteiger partial charge in [0.2, 0.25) is 5.91 Å². The van der Waals surface area contributed by atoms with Gasteiger partial charge < -0.3 is 5.32 Å². The van der Waals surface area contributed by atoms with Crippen molar-refractivity contribution in [3.63, 3.8) is 0 Å². The summed E-state index contributed by atoms with van der Waals surface area (Å²) in [7, 11) is 0. The van der Waals surface area contributed by atoms with Gasteiger partial charge in [-0.1, -0.05) is 38.1 Å². The van der Waals surface area contributed by atoms with Crippen molar-refractivity contribution in [2.45, 2.75) is 33.7 Å². The minimum atomic E-state index is -0.873. The first-order chi connectivity index (χ1) is 12.3. The number of imide groups is 1. The van der Waals surface area contributed by atoms with Crippen molar-refractivity contribution >= 4 is 23.4 Å². The van der Waals surface area contributed by atoms with E-state index in [1.165, 1.54) is 0 Å². The zero-order chi connectivity index (χ0) is 19.0. The molecule has 5 heteroatoms. The third kappa shape index (κ3) is 3.01. The molecular weight excluding hydrogens is 328 g/mol. The molecule has 0 aliphatic carbocycles. The van der Waals surface area contributed by atoms with Crippen LogP contribution in [-0.2, 0) is 4.79 Å². The minimum Gasteiger partial charge on any atom is -0.324 e. The van der Waals surface area contributed by atoms with Crippen LogP contribution >= 0.6 is 0 Å². The number of fused-ring (bicyclic) bond motifs is 1. The number of hydrogen-bond donors (Lipinski definition) is 1. The summed E-state index contributed by atoms with van der Waals surface area (Å²) in [5, 5.41) is 2.89. The van der Waals surface area contributed by atoms with E-state index in [0.717, 1.165) is 16.0 Å². The summed E-state index contributed by atoms with van der Waals surface area (Å²) < 4.78 is 0. The zero-order valence-electron chi connectivity index (χ0n) is 15.4. The van der Waals surface area contributed by atoms with E-state index in [2.05, 4.69) is 5.32 Å². The Morgan fingerprint density at radius 2 is 1.54 bits per heavy atom. The number of hydrogen-bond acceptors (Lipinski definition) is 3. The van der Waals surface area contributed by atoms with E-state index < -0.39 is 17.9 Å². The van der Waals surface area contributed by atoms with Crippen molar-refractivity contribution in [3.05, 3.63) is 64.7 Å². The standard InChI is InChI=1S/C21H22N2O3/c1-12(2)18(19(24)22-17-11-13(3)9-10-14(17)4)23-20(25)15-7-5-6-8-16(15)21(23)26/h5-12,18H,1-4H3,(H,22,24). The average molecular weight is 350 g/mol. The third-order valence-corrected chi connectivity index (χ3v) is 4.65. The number of nitrogens with one attached hydrogen (secondary N) is 1. The smallest absolute Gasteiger partial charge is 0.262 e. The van der Waals surface area contributed by atoms with Gasteiger partial charge in [-0.05, 0) is 49.1 Å². The molecule has 134 valence electrons. The van der Waals surface area contributed by atoms with E-state index in [4.69, 9.17) is 0 Å². The second-order valence-electron chi connectivity index (χ2n) is 7.02. The largest absolute Gasteiger partial charge is 0.324 e. The summed E-state index contributed by atoms with van der Waals surface area (Å²) in [5.74, 6) is -1.41. The van der Waals surface area contributed by atoms with Gasteiger partial charge in [0.25, 0.3) is 11.8 Å². The summed E-state index contributed by atoms with van der Waals surface area (Å²) in [6, 6.07) is 11.6. The van der Waals surface area contributed by atoms with Crippen LogP contribution < -0.4 is 5.32 Å². The van der Waals surface area contributed by atoms with Gasteiger partial charge in [-0.15, -0.1) is 0 Å². The number of aryl methyl sites for hydroxylation is 2. The molecule has 1 N–H and O–H groups in total. The predicted octanol–water partition coefficient (Wildman–Crippen LogP) is 3.56. The van der Waals surface area contributed by atoms with Crippen molar-refractivity contribution in [2.75, 3.05) is 5.32 Å². The molecule has 0 saturated carbocycles. The zero-order valence-corrected chi connectivity index (χ0v) is 15.4. The van der Waals surface area contributed by atoms with Crippen LogP contribution in [0.2, 0.25) is 0 Å². The van der Waals surface area contributed by atoms with Gasteiger partial charge in [-0.3, -0.25) is 19.3 Å². The molecule has 1 atom stereocenters. The second kappa shape index (κ2) is 6.75. The van der Waals surface area contributed by atoms with Gasteiger partial charge in [-0.25, -0.2) is 0 Å². The van der Waals surface area contributed by atoms with Crippen molar-refractivity contribution in [2.24, 2.45) is 5.92 Å². The van der Waals surface area contributed by atoms with Crippen LogP contribution in [0, 0.1) is 19.8 Å². The topological polar surface area (TPSA) is 66.5 Å². The SMILES string of the molecule is Cc1ccc(C)c(NC(=O)C(C(C)C)N2C(=O)c3ccccc3C2=O)c1. The highest BCUT2D eigenvalue weighted by Crippen LogP contribution is 2.28. The molecule has 1 aliphatic rings. The Morgan fingerprint density at radius 3 is 2.08 bits per heavy atom. The lowest BCUT2D eigenvalue weighted by Gasteiger charge is -2.28. The highest BCUT2D eigenvalue weighted by molar-refractivity contribution is 6.23. The fourth-order valence-electron chi connectivity index (χ4n) is 3.26. The fraction of sp³-hybridized carbons (Fsp3) is 0.286. The second-order valence-corrected chi connectivity index (χ2v) is 7.02. The highest BCUT2D eigenvalue weighted by Gasteiger charge is 2.43. The summed E-state index contributed by atoms with van der Waals surface area (Å²) in [6.45, 7) is 7.51. The van der Waals surface area contributed by atoms with Crippen LogP contribution in [0.4, 0.5) is 5.69 Å². The Balaban J connectivity index is 1.93. The molecule has 3 amide bonds. The lowest BCUT2D eigenvalue weighted by molar-refractivity contribution is -0.121. The van der Waals surface area contributed by atoms with Gasteiger partial charge in [0.15, 0.2) is 0 Å². The van der Waals surface area contributed by atoms with Crippen LogP contribution in [0.25, 0.3) is 0 Å². The Labute approximate surface area is 153 Å². The molecule has 0 aromatic heterocycles. The van der Waals surface area contributed by atoms with Crippen LogP contribution in [0.5, 0.6) is 0 Å². The van der Waals surface area contributed by atoms with Crippen molar-refractivity contribution in [3.8, 4) is 0 Å². The minimum absolute atomic E-state index is 0.220. The fourth-order valence-corrected chi connectivity index (χ4v) is 3.26. The first-order valence-electron chi connectivity index (χ1n) is 8.66. The number of amides is 3. The molecule has 0 saturated heterocycles. The molecule has 0 fully saturated rings. The van der Waals surface area contributed by atoms with E-state index in [-0.39, 0.29) is 11.8 Å². The molecule has 26 heavy (non-hydrogen) atoms. The number of carbonyl (C=O) groups is 3. The molecule has 3 rings (SSSR count). The van der Waals surface area contributed by atoms with Gasteiger partial charge in [0.05, 0.1) is 11.1 Å². The highest BCUT2D eigenvalue weighted by atomic mass is 16.2. The van der Waals surface area contributed by atoms with E-state index >= 15 is 0 Å². The normalized spacial score (nSPS) is 14.6. The van der Waals surface area contributed by atoms with Crippen molar-refractivity contribution in [1.29, 1.82) is 0 Å². The van der Waals surface area contributed by atoms with Crippen LogP contribution in [0.1, 0.15) is 45.7 Å². The molecule has 0 spiro atoms. The van der Waals surface area contributed by atoms with Gasteiger partial charge in [0, 0.05) is 5.69 Å². The summed E-state index contributed by atoms with van der Waals surface area (Å²) in [6.07, 6.45) is 0. The Bertz CT molecular complexity index is 867. The van der Waals surface area contributed by atoms with Crippen LogP contribution in [0.3, 0.4) is 0 Å². The molecule has 1 aliphatic heterocycles. The summed E-state index contributed by atoms with van der Waals surface area (Å²) in [4.78, 5) is 39.6. The third-order valence-electron chi connectivity index (χ3n) is 4.65. The molecule has 5 nitrogen and oxygen atoms in total. The molecule has 2 aromatic carbocycles. The molecule has 0 bridgehead atoms. The molecular formula is C21H22N2O3. The van der Waals surface area contributed by atoms with Crippen LogP contribution in [-0.4, -0.2) is 28.7 Å². The lowest BCUT2D eigenvalue weighted by Crippen LogP contribution is -2.50. The van der Waals surface area contributed by atoms with Gasteiger partial charge in [0.1, 0.15) is 6.04 Å². The quantitative estimate of drug-likeness (QED) is 0.858. The molecule has 1 heterocycles. The summed E-state index contributed by atoms with van der Waals surface area (Å²) in [5.41, 5.74) is 3.34. The number of anilines is 1. The average Bonchev–Trinajstić information content (AvgIpc) is 2.84. The van der Waals surface area contributed by atoms with Crippen molar-refractivity contribution in [1.82, 2.24) is 4.90 Å². The predicted molar refractivity (Wildman–Crippen MR) is 100 cm³/mol. The van der Waals surface area contributed by atoms with E-state index in [1.54, 1.807) is 24.3 Å². The Hall–Kier alpha value is -2.95. The Kier molecular flexibility index (Phi) is 4.64. The Morgan fingerprint density at radius 1 is 0.962 bits per heavy atom.